The molecular formula is C10H22N2O. The highest BCUT2D eigenvalue weighted by Gasteiger charge is 2.19. The molecule has 1 heterocycles. The number of rotatable bonds is 6. The van der Waals surface area contributed by atoms with Crippen LogP contribution in [-0.2, 0) is 4.74 Å². The molecule has 78 valence electrons. The molecule has 1 rings (SSSR count). The van der Waals surface area contributed by atoms with E-state index in [9.17, 15) is 0 Å². The first-order valence-electron chi connectivity index (χ1n) is 5.40. The Labute approximate surface area is 81.0 Å². The first-order valence-corrected chi connectivity index (χ1v) is 5.40. The first-order chi connectivity index (χ1) is 6.36. The molecule has 0 radical (unpaired) electrons. The lowest BCUT2D eigenvalue weighted by Crippen LogP contribution is -2.36. The molecule has 1 aliphatic rings. The molecule has 1 saturated heterocycles. The molecule has 1 aliphatic heterocycles. The summed E-state index contributed by atoms with van der Waals surface area (Å²) < 4.78 is 5.34. The van der Waals surface area contributed by atoms with E-state index in [2.05, 4.69) is 12.3 Å². The molecule has 2 unspecified atom stereocenters. The Bertz CT molecular complexity index is 124. The molecule has 0 aromatic heterocycles. The summed E-state index contributed by atoms with van der Waals surface area (Å²) in [6, 6.07) is 0.492. The van der Waals surface area contributed by atoms with Gasteiger partial charge in [0.25, 0.3) is 0 Å². The van der Waals surface area contributed by atoms with E-state index in [0.717, 1.165) is 19.1 Å². The van der Waals surface area contributed by atoms with Crippen molar-refractivity contribution in [3.8, 4) is 0 Å². The van der Waals surface area contributed by atoms with Crippen molar-refractivity contribution in [2.24, 2.45) is 11.8 Å². The van der Waals surface area contributed by atoms with Crippen molar-refractivity contribution in [2.45, 2.75) is 45.1 Å². The fraction of sp³-hybridized carbons (Fsp3) is 1.00. The van der Waals surface area contributed by atoms with E-state index >= 15 is 0 Å². The normalized spacial score (nSPS) is 24.9. The highest BCUT2D eigenvalue weighted by Crippen LogP contribution is 2.19. The van der Waals surface area contributed by atoms with Gasteiger partial charge in [0.2, 0.25) is 0 Å². The van der Waals surface area contributed by atoms with Crippen LogP contribution in [0.2, 0.25) is 0 Å². The smallest absolute Gasteiger partial charge is 0.0495 e. The van der Waals surface area contributed by atoms with Crippen LogP contribution in [0, 0.1) is 5.92 Å². The minimum absolute atomic E-state index is 0.492. The van der Waals surface area contributed by atoms with Gasteiger partial charge in [-0.05, 0) is 25.2 Å². The average Bonchev–Trinajstić information content (AvgIpc) is 2.64. The predicted molar refractivity (Wildman–Crippen MR) is 54.2 cm³/mol. The van der Waals surface area contributed by atoms with E-state index in [1.807, 2.05) is 0 Å². The molecule has 0 aromatic carbocycles. The Hall–Kier alpha value is -0.120. The third-order valence-electron chi connectivity index (χ3n) is 2.78. The van der Waals surface area contributed by atoms with Gasteiger partial charge in [-0.25, -0.2) is 0 Å². The Morgan fingerprint density at radius 1 is 1.62 bits per heavy atom. The van der Waals surface area contributed by atoms with Gasteiger partial charge in [-0.3, -0.25) is 11.3 Å². The fourth-order valence-corrected chi connectivity index (χ4v) is 1.89. The summed E-state index contributed by atoms with van der Waals surface area (Å²) in [5.41, 5.74) is 2.91. The molecule has 0 aliphatic carbocycles. The van der Waals surface area contributed by atoms with E-state index < -0.39 is 0 Å². The van der Waals surface area contributed by atoms with Crippen molar-refractivity contribution < 1.29 is 4.74 Å². The molecule has 3 heteroatoms. The van der Waals surface area contributed by atoms with Crippen molar-refractivity contribution in [2.75, 3.05) is 13.2 Å². The first kappa shape index (κ1) is 11.0. The van der Waals surface area contributed by atoms with Gasteiger partial charge < -0.3 is 4.74 Å². The monoisotopic (exact) mass is 186 g/mol. The second-order valence-corrected chi connectivity index (χ2v) is 3.97. The zero-order valence-corrected chi connectivity index (χ0v) is 8.59. The average molecular weight is 186 g/mol. The molecular weight excluding hydrogens is 164 g/mol. The minimum Gasteiger partial charge on any atom is -0.381 e. The number of nitrogens with one attached hydrogen (secondary N) is 1. The molecule has 0 aromatic rings. The Kier molecular flexibility index (Phi) is 5.35. The van der Waals surface area contributed by atoms with Gasteiger partial charge in [0.1, 0.15) is 0 Å². The SMILES string of the molecule is CCCCC(CC1CCOC1)NN. The zero-order chi connectivity index (χ0) is 9.52. The van der Waals surface area contributed by atoms with Gasteiger partial charge in [-0.15, -0.1) is 0 Å². The van der Waals surface area contributed by atoms with Crippen molar-refractivity contribution >= 4 is 0 Å². The summed E-state index contributed by atoms with van der Waals surface area (Å²) in [4.78, 5) is 0. The summed E-state index contributed by atoms with van der Waals surface area (Å²) in [5.74, 6) is 6.24. The lowest BCUT2D eigenvalue weighted by atomic mass is 9.96. The quantitative estimate of drug-likeness (QED) is 0.487. The summed E-state index contributed by atoms with van der Waals surface area (Å²) in [6.45, 7) is 4.09. The molecule has 2 atom stereocenters. The van der Waals surface area contributed by atoms with Crippen LogP contribution < -0.4 is 11.3 Å². The van der Waals surface area contributed by atoms with Gasteiger partial charge in [-0.1, -0.05) is 19.8 Å². The van der Waals surface area contributed by atoms with E-state index in [1.165, 1.54) is 32.1 Å². The number of nitrogens with two attached hydrogens (primary N) is 1. The molecule has 1 fully saturated rings. The Morgan fingerprint density at radius 2 is 2.46 bits per heavy atom. The fourth-order valence-electron chi connectivity index (χ4n) is 1.89. The standard InChI is InChI=1S/C10H22N2O/c1-2-3-4-10(12-11)7-9-5-6-13-8-9/h9-10,12H,2-8,11H2,1H3. The summed E-state index contributed by atoms with van der Waals surface area (Å²) >= 11 is 0. The van der Waals surface area contributed by atoms with Gasteiger partial charge in [0.05, 0.1) is 0 Å². The molecule has 0 saturated carbocycles. The van der Waals surface area contributed by atoms with Gasteiger partial charge in [0.15, 0.2) is 0 Å². The maximum Gasteiger partial charge on any atom is 0.0495 e. The predicted octanol–water partition coefficient (Wildman–Crippen LogP) is 1.44. The molecule has 0 amide bonds. The number of hydrogen-bond donors (Lipinski definition) is 2. The summed E-state index contributed by atoms with van der Waals surface area (Å²) in [6.07, 6.45) is 6.10. The van der Waals surface area contributed by atoms with Gasteiger partial charge in [-0.2, -0.15) is 0 Å². The van der Waals surface area contributed by atoms with Crippen molar-refractivity contribution in [1.29, 1.82) is 0 Å². The molecule has 0 bridgehead atoms. The second-order valence-electron chi connectivity index (χ2n) is 3.97. The second kappa shape index (κ2) is 6.35. The largest absolute Gasteiger partial charge is 0.381 e. The van der Waals surface area contributed by atoms with Crippen LogP contribution in [0.3, 0.4) is 0 Å². The molecule has 3 N–H and O–H groups in total. The zero-order valence-electron chi connectivity index (χ0n) is 8.59. The third-order valence-corrected chi connectivity index (χ3v) is 2.78. The number of hydrogen-bond acceptors (Lipinski definition) is 3. The van der Waals surface area contributed by atoms with Crippen LogP contribution in [0.15, 0.2) is 0 Å². The van der Waals surface area contributed by atoms with Gasteiger partial charge in [0, 0.05) is 19.3 Å². The van der Waals surface area contributed by atoms with Crippen LogP contribution in [0.25, 0.3) is 0 Å². The maximum atomic E-state index is 5.50. The molecule has 3 nitrogen and oxygen atoms in total. The third kappa shape index (κ3) is 4.07. The van der Waals surface area contributed by atoms with Crippen LogP contribution in [0.4, 0.5) is 0 Å². The number of ether oxygens (including phenoxy) is 1. The van der Waals surface area contributed by atoms with E-state index in [1.54, 1.807) is 0 Å². The van der Waals surface area contributed by atoms with Crippen LogP contribution in [0.5, 0.6) is 0 Å². The van der Waals surface area contributed by atoms with Gasteiger partial charge >= 0.3 is 0 Å². The molecule has 0 spiro atoms. The topological polar surface area (TPSA) is 47.3 Å². The number of unbranched alkanes of at least 4 members (excludes halogenated alkanes) is 1. The number of hydrazine groups is 1. The summed E-state index contributed by atoms with van der Waals surface area (Å²) in [5, 5.41) is 0. The Balaban J connectivity index is 2.13. The highest BCUT2D eigenvalue weighted by atomic mass is 16.5. The van der Waals surface area contributed by atoms with E-state index in [0.29, 0.717) is 6.04 Å². The minimum atomic E-state index is 0.492. The lowest BCUT2D eigenvalue weighted by molar-refractivity contribution is 0.180. The van der Waals surface area contributed by atoms with Crippen molar-refractivity contribution in [1.82, 2.24) is 5.43 Å². The summed E-state index contributed by atoms with van der Waals surface area (Å²) in [7, 11) is 0. The van der Waals surface area contributed by atoms with Crippen molar-refractivity contribution in [3.63, 3.8) is 0 Å². The van der Waals surface area contributed by atoms with E-state index in [4.69, 9.17) is 10.6 Å². The molecule has 13 heavy (non-hydrogen) atoms. The lowest BCUT2D eigenvalue weighted by Gasteiger charge is -2.18. The maximum absolute atomic E-state index is 5.50. The highest BCUT2D eigenvalue weighted by molar-refractivity contribution is 4.72. The van der Waals surface area contributed by atoms with Crippen LogP contribution >= 0.6 is 0 Å². The van der Waals surface area contributed by atoms with E-state index in [-0.39, 0.29) is 0 Å². The van der Waals surface area contributed by atoms with Crippen molar-refractivity contribution in [3.05, 3.63) is 0 Å². The van der Waals surface area contributed by atoms with Crippen LogP contribution in [-0.4, -0.2) is 19.3 Å². The Morgan fingerprint density at radius 3 is 3.00 bits per heavy atom. The van der Waals surface area contributed by atoms with Crippen LogP contribution in [0.1, 0.15) is 39.0 Å².